The van der Waals surface area contributed by atoms with Gasteiger partial charge in [0.15, 0.2) is 0 Å². The number of rotatable bonds is 8. The minimum absolute atomic E-state index is 0.00485. The molecule has 0 heterocycles. The fraction of sp³-hybridized carbons (Fsp3) is 0.500. The molecular weight excluding hydrogens is 246 g/mol. The Hall–Kier alpha value is -1.59. The molecule has 106 valence electrons. The molecule has 2 N–H and O–H groups in total. The van der Waals surface area contributed by atoms with Crippen molar-refractivity contribution in [1.82, 2.24) is 5.32 Å². The molecule has 5 nitrogen and oxygen atoms in total. The second kappa shape index (κ2) is 8.50. The number of carbonyl (C=O) groups is 1. The van der Waals surface area contributed by atoms with Gasteiger partial charge in [-0.1, -0.05) is 6.07 Å². The van der Waals surface area contributed by atoms with E-state index in [1.807, 2.05) is 13.8 Å². The molecule has 0 aromatic heterocycles. The van der Waals surface area contributed by atoms with Gasteiger partial charge in [0.05, 0.1) is 25.4 Å². The van der Waals surface area contributed by atoms with Crippen molar-refractivity contribution in [3.05, 3.63) is 29.3 Å². The summed E-state index contributed by atoms with van der Waals surface area (Å²) < 4.78 is 10.4. The lowest BCUT2D eigenvalue weighted by atomic mass is 10.1. The van der Waals surface area contributed by atoms with Gasteiger partial charge in [-0.05, 0) is 31.5 Å². The van der Waals surface area contributed by atoms with Gasteiger partial charge in [-0.2, -0.15) is 0 Å². The highest BCUT2D eigenvalue weighted by atomic mass is 16.5. The van der Waals surface area contributed by atoms with Crippen LogP contribution < -0.4 is 5.32 Å². The summed E-state index contributed by atoms with van der Waals surface area (Å²) in [6.07, 6.45) is 0. The van der Waals surface area contributed by atoms with Crippen LogP contribution in [0, 0.1) is 6.92 Å². The normalized spacial score (nSPS) is 10.4. The second-order valence-electron chi connectivity index (χ2n) is 4.09. The summed E-state index contributed by atoms with van der Waals surface area (Å²) in [4.78, 5) is 11.8. The highest BCUT2D eigenvalue weighted by Crippen LogP contribution is 2.17. The zero-order chi connectivity index (χ0) is 14.1. The molecular formula is C14H21NO4. The first-order valence-corrected chi connectivity index (χ1v) is 6.38. The molecule has 0 unspecified atom stereocenters. The number of phenolic OH excluding ortho intramolecular Hbond substituents is 1. The molecule has 5 heteroatoms. The van der Waals surface area contributed by atoms with Crippen LogP contribution in [-0.4, -0.2) is 44.0 Å². The third kappa shape index (κ3) is 5.72. The monoisotopic (exact) mass is 267 g/mol. The van der Waals surface area contributed by atoms with E-state index in [0.29, 0.717) is 33.0 Å². The van der Waals surface area contributed by atoms with E-state index in [1.165, 1.54) is 0 Å². The van der Waals surface area contributed by atoms with Gasteiger partial charge in [0.1, 0.15) is 5.75 Å². The summed E-state index contributed by atoms with van der Waals surface area (Å²) >= 11 is 0. The Morgan fingerprint density at radius 1 is 1.26 bits per heavy atom. The Balaban J connectivity index is 2.24. The third-order valence-corrected chi connectivity index (χ3v) is 2.51. The summed E-state index contributed by atoms with van der Waals surface area (Å²) in [5, 5.41) is 12.3. The number of benzene rings is 1. The van der Waals surface area contributed by atoms with Gasteiger partial charge in [0, 0.05) is 13.2 Å². The van der Waals surface area contributed by atoms with Crippen molar-refractivity contribution in [2.75, 3.05) is 33.0 Å². The van der Waals surface area contributed by atoms with Crippen LogP contribution in [-0.2, 0) is 9.47 Å². The standard InChI is InChI=1S/C14H21NO4/c1-3-18-8-9-19-7-6-15-14(17)12-5-4-11(2)10-13(12)16/h4-5,10,16H,3,6-9H2,1-2H3,(H,15,17). The number of phenols is 1. The van der Waals surface area contributed by atoms with Crippen LogP contribution in [0.25, 0.3) is 0 Å². The first-order chi connectivity index (χ1) is 9.15. The molecule has 0 aliphatic heterocycles. The van der Waals surface area contributed by atoms with Crippen LogP contribution in [0.3, 0.4) is 0 Å². The lowest BCUT2D eigenvalue weighted by molar-refractivity contribution is 0.0531. The van der Waals surface area contributed by atoms with Crippen molar-refractivity contribution in [3.63, 3.8) is 0 Å². The van der Waals surface area contributed by atoms with Crippen molar-refractivity contribution in [1.29, 1.82) is 0 Å². The number of amides is 1. The lowest BCUT2D eigenvalue weighted by Gasteiger charge is -2.08. The van der Waals surface area contributed by atoms with Crippen LogP contribution in [0.1, 0.15) is 22.8 Å². The van der Waals surface area contributed by atoms with E-state index in [0.717, 1.165) is 5.56 Å². The van der Waals surface area contributed by atoms with Gasteiger partial charge >= 0.3 is 0 Å². The zero-order valence-corrected chi connectivity index (χ0v) is 11.4. The smallest absolute Gasteiger partial charge is 0.255 e. The summed E-state index contributed by atoms with van der Waals surface area (Å²) in [7, 11) is 0. The summed E-state index contributed by atoms with van der Waals surface area (Å²) in [6.45, 7) is 6.35. The number of aryl methyl sites for hydroxylation is 1. The fourth-order valence-corrected chi connectivity index (χ4v) is 1.53. The molecule has 0 radical (unpaired) electrons. The van der Waals surface area contributed by atoms with Crippen molar-refractivity contribution in [2.24, 2.45) is 0 Å². The molecule has 0 saturated heterocycles. The molecule has 0 bridgehead atoms. The molecule has 0 saturated carbocycles. The molecule has 1 aromatic rings. The fourth-order valence-electron chi connectivity index (χ4n) is 1.53. The lowest BCUT2D eigenvalue weighted by Crippen LogP contribution is -2.27. The Morgan fingerprint density at radius 3 is 2.68 bits per heavy atom. The van der Waals surface area contributed by atoms with Crippen LogP contribution in [0.4, 0.5) is 0 Å². The van der Waals surface area contributed by atoms with E-state index in [-0.39, 0.29) is 17.2 Å². The second-order valence-corrected chi connectivity index (χ2v) is 4.09. The van der Waals surface area contributed by atoms with E-state index in [2.05, 4.69) is 5.32 Å². The molecule has 1 aromatic carbocycles. The molecule has 0 aliphatic rings. The minimum atomic E-state index is -0.300. The summed E-state index contributed by atoms with van der Waals surface area (Å²) in [6, 6.07) is 4.96. The minimum Gasteiger partial charge on any atom is -0.507 e. The van der Waals surface area contributed by atoms with Crippen LogP contribution >= 0.6 is 0 Å². The number of hydrogen-bond donors (Lipinski definition) is 2. The Morgan fingerprint density at radius 2 is 2.00 bits per heavy atom. The number of nitrogens with one attached hydrogen (secondary N) is 1. The number of hydrogen-bond acceptors (Lipinski definition) is 4. The molecule has 1 rings (SSSR count). The average molecular weight is 267 g/mol. The maximum absolute atomic E-state index is 11.8. The average Bonchev–Trinajstić information content (AvgIpc) is 2.37. The zero-order valence-electron chi connectivity index (χ0n) is 11.4. The van der Waals surface area contributed by atoms with Crippen LogP contribution in [0.2, 0.25) is 0 Å². The van der Waals surface area contributed by atoms with E-state index >= 15 is 0 Å². The highest BCUT2D eigenvalue weighted by molar-refractivity contribution is 5.96. The first-order valence-electron chi connectivity index (χ1n) is 6.38. The first kappa shape index (κ1) is 15.5. The van der Waals surface area contributed by atoms with Crippen molar-refractivity contribution in [2.45, 2.75) is 13.8 Å². The Bertz CT molecular complexity index is 406. The van der Waals surface area contributed by atoms with Crippen molar-refractivity contribution >= 4 is 5.91 Å². The number of aromatic hydroxyl groups is 1. The van der Waals surface area contributed by atoms with Gasteiger partial charge in [0.2, 0.25) is 0 Å². The largest absolute Gasteiger partial charge is 0.507 e. The maximum Gasteiger partial charge on any atom is 0.255 e. The van der Waals surface area contributed by atoms with E-state index in [9.17, 15) is 9.90 Å². The van der Waals surface area contributed by atoms with Crippen LogP contribution in [0.15, 0.2) is 18.2 Å². The summed E-state index contributed by atoms with van der Waals surface area (Å²) in [5.74, 6) is -0.305. The van der Waals surface area contributed by atoms with Gasteiger partial charge in [0.25, 0.3) is 5.91 Å². The molecule has 0 fully saturated rings. The van der Waals surface area contributed by atoms with Gasteiger partial charge < -0.3 is 19.9 Å². The van der Waals surface area contributed by atoms with Gasteiger partial charge in [-0.15, -0.1) is 0 Å². The van der Waals surface area contributed by atoms with E-state index < -0.39 is 0 Å². The maximum atomic E-state index is 11.8. The predicted molar refractivity (Wildman–Crippen MR) is 72.5 cm³/mol. The van der Waals surface area contributed by atoms with E-state index in [4.69, 9.17) is 9.47 Å². The summed E-state index contributed by atoms with van der Waals surface area (Å²) in [5.41, 5.74) is 1.19. The highest BCUT2D eigenvalue weighted by Gasteiger charge is 2.09. The molecule has 0 spiro atoms. The molecule has 0 atom stereocenters. The predicted octanol–water partition coefficient (Wildman–Crippen LogP) is 1.48. The SMILES string of the molecule is CCOCCOCCNC(=O)c1ccc(C)cc1O. The van der Waals surface area contributed by atoms with Gasteiger partial charge in [-0.25, -0.2) is 0 Å². The third-order valence-electron chi connectivity index (χ3n) is 2.51. The topological polar surface area (TPSA) is 67.8 Å². The Labute approximate surface area is 113 Å². The number of ether oxygens (including phenoxy) is 2. The van der Waals surface area contributed by atoms with Crippen molar-refractivity contribution in [3.8, 4) is 5.75 Å². The molecule has 19 heavy (non-hydrogen) atoms. The van der Waals surface area contributed by atoms with E-state index in [1.54, 1.807) is 18.2 Å². The number of carbonyl (C=O) groups excluding carboxylic acids is 1. The van der Waals surface area contributed by atoms with Gasteiger partial charge in [-0.3, -0.25) is 4.79 Å². The van der Waals surface area contributed by atoms with Crippen molar-refractivity contribution < 1.29 is 19.4 Å². The quantitative estimate of drug-likeness (QED) is 0.700. The molecule has 1 amide bonds. The van der Waals surface area contributed by atoms with Crippen LogP contribution in [0.5, 0.6) is 5.75 Å². The Kier molecular flexibility index (Phi) is 6.92. The molecule has 0 aliphatic carbocycles.